The van der Waals surface area contributed by atoms with Crippen LogP contribution in [0.25, 0.3) is 0 Å². The van der Waals surface area contributed by atoms with E-state index in [-0.39, 0.29) is 11.8 Å². The van der Waals surface area contributed by atoms with E-state index in [1.54, 1.807) is 7.05 Å². The van der Waals surface area contributed by atoms with E-state index in [1.165, 1.54) is 0 Å². The van der Waals surface area contributed by atoms with Crippen molar-refractivity contribution < 1.29 is 13.5 Å². The quantitative estimate of drug-likeness (QED) is 0.796. The minimum atomic E-state index is -0.510. The molecule has 1 aliphatic rings. The first-order valence-corrected chi connectivity index (χ1v) is 5.29. The third kappa shape index (κ3) is 1.78. The molecule has 0 aliphatic carbocycles. The number of halogens is 2. The Kier molecular flexibility index (Phi) is 2.62. The van der Waals surface area contributed by atoms with Gasteiger partial charge in [0.05, 0.1) is 0 Å². The summed E-state index contributed by atoms with van der Waals surface area (Å²) in [5.74, 6) is -0.897. The smallest absolute Gasteiger partial charge is 0.165 e. The Morgan fingerprint density at radius 3 is 2.56 bits per heavy atom. The minimum Gasteiger partial charge on any atom is -0.484 e. The molecule has 16 heavy (non-hydrogen) atoms. The van der Waals surface area contributed by atoms with Gasteiger partial charge in [-0.2, -0.15) is 0 Å². The predicted molar refractivity (Wildman–Crippen MR) is 57.5 cm³/mol. The van der Waals surface area contributed by atoms with Crippen molar-refractivity contribution in [1.82, 2.24) is 5.32 Å². The summed E-state index contributed by atoms with van der Waals surface area (Å²) in [5, 5.41) is 3.00. The molecule has 2 rings (SSSR count). The number of nitrogens with one attached hydrogen (secondary N) is 1. The maximum absolute atomic E-state index is 13.7. The summed E-state index contributed by atoms with van der Waals surface area (Å²) in [5.41, 5.74) is -0.197. The standard InChI is InChI=1S/C12H15F2NO/c1-12(2)6-9(15-3)10-7(13)4-5-8(14)11(10)16-12/h4-5,9,15H,6H2,1-3H3. The van der Waals surface area contributed by atoms with Gasteiger partial charge in [-0.05, 0) is 33.0 Å². The lowest BCUT2D eigenvalue weighted by molar-refractivity contribution is 0.0604. The summed E-state index contributed by atoms with van der Waals surface area (Å²) in [6, 6.07) is 2.03. The Morgan fingerprint density at radius 1 is 1.31 bits per heavy atom. The van der Waals surface area contributed by atoms with Crippen LogP contribution in [0.1, 0.15) is 31.9 Å². The summed E-state index contributed by atoms with van der Waals surface area (Å²) in [6.45, 7) is 3.73. The fourth-order valence-electron chi connectivity index (χ4n) is 2.14. The second kappa shape index (κ2) is 3.70. The summed E-state index contributed by atoms with van der Waals surface area (Å²) in [7, 11) is 1.74. The molecule has 0 radical (unpaired) electrons. The van der Waals surface area contributed by atoms with E-state index < -0.39 is 17.2 Å². The van der Waals surface area contributed by atoms with Crippen LogP contribution in [-0.2, 0) is 0 Å². The van der Waals surface area contributed by atoms with Crippen LogP contribution in [0.15, 0.2) is 12.1 Å². The first kappa shape index (κ1) is 11.3. The number of benzene rings is 1. The van der Waals surface area contributed by atoms with Crippen LogP contribution in [0.5, 0.6) is 5.75 Å². The number of ether oxygens (including phenoxy) is 1. The van der Waals surface area contributed by atoms with Crippen molar-refractivity contribution in [3.8, 4) is 5.75 Å². The highest BCUT2D eigenvalue weighted by Crippen LogP contribution is 2.41. The van der Waals surface area contributed by atoms with Gasteiger partial charge in [-0.25, -0.2) is 8.78 Å². The molecule has 1 aromatic carbocycles. The minimum absolute atomic E-state index is 0.0376. The number of hydrogen-bond donors (Lipinski definition) is 1. The lowest BCUT2D eigenvalue weighted by atomic mass is 9.89. The molecule has 88 valence electrons. The Bertz CT molecular complexity index is 418. The molecule has 0 saturated carbocycles. The highest BCUT2D eigenvalue weighted by Gasteiger charge is 2.36. The van der Waals surface area contributed by atoms with Crippen molar-refractivity contribution in [2.75, 3.05) is 7.05 Å². The van der Waals surface area contributed by atoms with Gasteiger partial charge in [0.1, 0.15) is 11.4 Å². The molecule has 1 atom stereocenters. The zero-order chi connectivity index (χ0) is 11.9. The van der Waals surface area contributed by atoms with Gasteiger partial charge in [0.2, 0.25) is 0 Å². The second-order valence-corrected chi connectivity index (χ2v) is 4.68. The Morgan fingerprint density at radius 2 is 1.94 bits per heavy atom. The van der Waals surface area contributed by atoms with Crippen LogP contribution < -0.4 is 10.1 Å². The molecule has 0 spiro atoms. The van der Waals surface area contributed by atoms with Crippen molar-refractivity contribution in [3.63, 3.8) is 0 Å². The molecule has 0 saturated heterocycles. The van der Waals surface area contributed by atoms with E-state index in [0.717, 1.165) is 12.1 Å². The number of rotatable bonds is 1. The molecule has 0 aromatic heterocycles. The molecule has 1 aromatic rings. The third-order valence-electron chi connectivity index (χ3n) is 2.87. The molecule has 0 bridgehead atoms. The molecule has 4 heteroatoms. The van der Waals surface area contributed by atoms with Crippen LogP contribution in [0.2, 0.25) is 0 Å². The maximum Gasteiger partial charge on any atom is 0.165 e. The second-order valence-electron chi connectivity index (χ2n) is 4.68. The van der Waals surface area contributed by atoms with E-state index in [4.69, 9.17) is 4.74 Å². The predicted octanol–water partition coefficient (Wildman–Crippen LogP) is 2.79. The topological polar surface area (TPSA) is 21.3 Å². The van der Waals surface area contributed by atoms with Gasteiger partial charge in [-0.1, -0.05) is 0 Å². The first-order valence-electron chi connectivity index (χ1n) is 5.29. The largest absolute Gasteiger partial charge is 0.484 e. The van der Waals surface area contributed by atoms with Crippen molar-refractivity contribution in [3.05, 3.63) is 29.3 Å². The molecule has 1 aliphatic heterocycles. The van der Waals surface area contributed by atoms with Crippen LogP contribution in [0.4, 0.5) is 8.78 Å². The van der Waals surface area contributed by atoms with E-state index in [2.05, 4.69) is 5.32 Å². The van der Waals surface area contributed by atoms with Gasteiger partial charge in [0, 0.05) is 18.0 Å². The Hall–Kier alpha value is -1.16. The van der Waals surface area contributed by atoms with Crippen molar-refractivity contribution in [2.45, 2.75) is 31.9 Å². The SMILES string of the molecule is CNC1CC(C)(C)Oc2c(F)ccc(F)c21. The number of fused-ring (bicyclic) bond motifs is 1. The van der Waals surface area contributed by atoms with E-state index in [0.29, 0.717) is 12.0 Å². The monoisotopic (exact) mass is 227 g/mol. The first-order chi connectivity index (χ1) is 7.44. The molecule has 1 heterocycles. The van der Waals surface area contributed by atoms with Gasteiger partial charge < -0.3 is 10.1 Å². The van der Waals surface area contributed by atoms with Crippen LogP contribution in [-0.4, -0.2) is 12.6 Å². The van der Waals surface area contributed by atoms with Crippen LogP contribution in [0.3, 0.4) is 0 Å². The fourth-order valence-corrected chi connectivity index (χ4v) is 2.14. The molecular formula is C12H15F2NO. The summed E-state index contributed by atoms with van der Waals surface area (Å²) >= 11 is 0. The van der Waals surface area contributed by atoms with Crippen LogP contribution in [0, 0.1) is 11.6 Å². The van der Waals surface area contributed by atoms with E-state index >= 15 is 0 Å². The van der Waals surface area contributed by atoms with Crippen LogP contribution >= 0.6 is 0 Å². The third-order valence-corrected chi connectivity index (χ3v) is 2.87. The van der Waals surface area contributed by atoms with E-state index in [1.807, 2.05) is 13.8 Å². The highest BCUT2D eigenvalue weighted by molar-refractivity contribution is 5.41. The highest BCUT2D eigenvalue weighted by atomic mass is 19.1. The van der Waals surface area contributed by atoms with Crippen molar-refractivity contribution >= 4 is 0 Å². The van der Waals surface area contributed by atoms with Crippen molar-refractivity contribution in [2.24, 2.45) is 0 Å². The van der Waals surface area contributed by atoms with Gasteiger partial charge in [-0.15, -0.1) is 0 Å². The maximum atomic E-state index is 13.7. The molecule has 0 amide bonds. The molecular weight excluding hydrogens is 212 g/mol. The zero-order valence-electron chi connectivity index (χ0n) is 9.60. The van der Waals surface area contributed by atoms with E-state index in [9.17, 15) is 8.78 Å². The van der Waals surface area contributed by atoms with Gasteiger partial charge in [-0.3, -0.25) is 0 Å². The normalized spacial score (nSPS) is 22.4. The average Bonchev–Trinajstić information content (AvgIpc) is 2.21. The van der Waals surface area contributed by atoms with Gasteiger partial charge >= 0.3 is 0 Å². The molecule has 1 unspecified atom stereocenters. The molecule has 0 fully saturated rings. The summed E-state index contributed by atoms with van der Waals surface area (Å²) < 4.78 is 32.7. The lowest BCUT2D eigenvalue weighted by Gasteiger charge is -2.37. The van der Waals surface area contributed by atoms with Crippen molar-refractivity contribution in [1.29, 1.82) is 0 Å². The summed E-state index contributed by atoms with van der Waals surface area (Å²) in [4.78, 5) is 0. The molecule has 1 N–H and O–H groups in total. The Labute approximate surface area is 93.6 Å². The summed E-state index contributed by atoms with van der Waals surface area (Å²) in [6.07, 6.45) is 0.608. The fraction of sp³-hybridized carbons (Fsp3) is 0.500. The van der Waals surface area contributed by atoms with Gasteiger partial charge in [0.25, 0.3) is 0 Å². The number of hydrogen-bond acceptors (Lipinski definition) is 2. The Balaban J connectivity index is 2.58. The zero-order valence-corrected chi connectivity index (χ0v) is 9.60. The van der Waals surface area contributed by atoms with Gasteiger partial charge in [0.15, 0.2) is 11.6 Å². The molecule has 2 nitrogen and oxygen atoms in total. The average molecular weight is 227 g/mol. The lowest BCUT2D eigenvalue weighted by Crippen LogP contribution is -2.39.